The highest BCUT2D eigenvalue weighted by Crippen LogP contribution is 2.15. The molecule has 2 aromatic heterocycles. The van der Waals surface area contributed by atoms with Crippen LogP contribution >= 0.6 is 0 Å². The zero-order chi connectivity index (χ0) is 20.3. The lowest BCUT2D eigenvalue weighted by atomic mass is 10.1. The molecule has 3 aromatic rings. The van der Waals surface area contributed by atoms with E-state index in [-0.39, 0.29) is 6.10 Å². The quantitative estimate of drug-likeness (QED) is 0.314. The average Bonchev–Trinajstić information content (AvgIpc) is 3.17. The monoisotopic (exact) mass is 394 g/mol. The molecule has 7 heteroatoms. The van der Waals surface area contributed by atoms with Gasteiger partial charge in [-0.1, -0.05) is 36.4 Å². The fraction of sp³-hybridized carbons (Fsp3) is 0.409. The van der Waals surface area contributed by atoms with Crippen molar-refractivity contribution < 1.29 is 4.74 Å². The number of aliphatic imine (C=N–C) groups is 1. The Morgan fingerprint density at radius 1 is 1.10 bits per heavy atom. The second-order valence-electron chi connectivity index (χ2n) is 6.76. The molecule has 2 heterocycles. The first-order chi connectivity index (χ1) is 14.3. The molecule has 154 valence electrons. The lowest BCUT2D eigenvalue weighted by Crippen LogP contribution is -2.38. The topological polar surface area (TPSA) is 75.8 Å². The highest BCUT2D eigenvalue weighted by molar-refractivity contribution is 5.79. The van der Waals surface area contributed by atoms with Crippen LogP contribution in [0.25, 0.3) is 5.65 Å². The number of pyridine rings is 1. The molecule has 0 saturated heterocycles. The van der Waals surface area contributed by atoms with Gasteiger partial charge >= 0.3 is 0 Å². The molecule has 0 radical (unpaired) electrons. The molecule has 0 bridgehead atoms. The van der Waals surface area contributed by atoms with Crippen molar-refractivity contribution in [3.05, 3.63) is 66.1 Å². The summed E-state index contributed by atoms with van der Waals surface area (Å²) in [5.74, 6) is 1.75. The van der Waals surface area contributed by atoms with Gasteiger partial charge in [0.05, 0.1) is 6.10 Å². The Morgan fingerprint density at radius 2 is 1.93 bits per heavy atom. The van der Waals surface area contributed by atoms with Crippen LogP contribution in [0.15, 0.2) is 59.7 Å². The van der Waals surface area contributed by atoms with Crippen molar-refractivity contribution in [1.82, 2.24) is 25.2 Å². The molecule has 0 fully saturated rings. The first-order valence-electron chi connectivity index (χ1n) is 10.2. The van der Waals surface area contributed by atoms with Gasteiger partial charge in [0.1, 0.15) is 5.82 Å². The summed E-state index contributed by atoms with van der Waals surface area (Å²) >= 11 is 0. The minimum Gasteiger partial charge on any atom is -0.374 e. The molecule has 0 saturated carbocycles. The second kappa shape index (κ2) is 11.2. The Hall–Kier alpha value is -2.93. The zero-order valence-electron chi connectivity index (χ0n) is 17.2. The molecule has 2 N–H and O–H groups in total. The van der Waals surface area contributed by atoms with E-state index >= 15 is 0 Å². The summed E-state index contributed by atoms with van der Waals surface area (Å²) < 4.78 is 7.92. The van der Waals surface area contributed by atoms with E-state index in [1.807, 2.05) is 47.0 Å². The molecule has 0 amide bonds. The van der Waals surface area contributed by atoms with Gasteiger partial charge in [0.15, 0.2) is 11.6 Å². The molecule has 29 heavy (non-hydrogen) atoms. The lowest BCUT2D eigenvalue weighted by Gasteiger charge is -2.13. The first-order valence-corrected chi connectivity index (χ1v) is 10.2. The Balaban J connectivity index is 1.40. The van der Waals surface area contributed by atoms with Crippen LogP contribution < -0.4 is 10.6 Å². The van der Waals surface area contributed by atoms with E-state index in [9.17, 15) is 0 Å². The summed E-state index contributed by atoms with van der Waals surface area (Å²) in [6, 6.07) is 16.2. The van der Waals surface area contributed by atoms with E-state index < -0.39 is 0 Å². The van der Waals surface area contributed by atoms with Crippen LogP contribution in [-0.2, 0) is 11.2 Å². The minimum atomic E-state index is 0.101. The molecule has 3 rings (SSSR count). The third kappa shape index (κ3) is 6.29. The van der Waals surface area contributed by atoms with E-state index in [0.29, 0.717) is 13.2 Å². The number of hydrogen-bond donors (Lipinski definition) is 2. The lowest BCUT2D eigenvalue weighted by molar-refractivity contribution is 0.0652. The summed E-state index contributed by atoms with van der Waals surface area (Å²) in [7, 11) is 0. The van der Waals surface area contributed by atoms with Crippen LogP contribution in [0.1, 0.15) is 37.8 Å². The van der Waals surface area contributed by atoms with Crippen LogP contribution in [-0.4, -0.2) is 46.8 Å². The molecule has 0 aliphatic heterocycles. The van der Waals surface area contributed by atoms with Crippen molar-refractivity contribution in [2.45, 2.75) is 32.8 Å². The normalized spacial score (nSPS) is 12.8. The number of guanidine groups is 1. The molecule has 0 aliphatic carbocycles. The maximum absolute atomic E-state index is 5.91. The maximum atomic E-state index is 5.91. The van der Waals surface area contributed by atoms with Gasteiger partial charge in [0.25, 0.3) is 0 Å². The van der Waals surface area contributed by atoms with Crippen molar-refractivity contribution in [2.75, 3.05) is 26.2 Å². The molecule has 1 atom stereocenters. The maximum Gasteiger partial charge on any atom is 0.191 e. The van der Waals surface area contributed by atoms with Gasteiger partial charge in [-0.05, 0) is 38.0 Å². The number of nitrogens with one attached hydrogen (secondary N) is 2. The number of rotatable bonds is 10. The van der Waals surface area contributed by atoms with Gasteiger partial charge in [-0.3, -0.25) is 9.39 Å². The number of nitrogens with zero attached hydrogens (tertiary/aromatic N) is 4. The molecule has 1 unspecified atom stereocenters. The summed E-state index contributed by atoms with van der Waals surface area (Å²) in [6.07, 6.45) is 3.74. The van der Waals surface area contributed by atoms with Crippen LogP contribution in [0.3, 0.4) is 0 Å². The Labute approximate surface area is 172 Å². The molecule has 1 aromatic carbocycles. The molecule has 0 spiro atoms. The molecule has 7 nitrogen and oxygen atoms in total. The van der Waals surface area contributed by atoms with E-state index in [0.717, 1.165) is 43.4 Å². The van der Waals surface area contributed by atoms with Crippen LogP contribution in [0, 0.1) is 0 Å². The average molecular weight is 395 g/mol. The predicted molar refractivity (Wildman–Crippen MR) is 116 cm³/mol. The highest BCUT2D eigenvalue weighted by Gasteiger charge is 2.06. The summed E-state index contributed by atoms with van der Waals surface area (Å²) in [5.41, 5.74) is 2.07. The number of ether oxygens (including phenoxy) is 1. The van der Waals surface area contributed by atoms with Crippen molar-refractivity contribution >= 4 is 11.6 Å². The molecular weight excluding hydrogens is 364 g/mol. The number of hydrogen-bond acceptors (Lipinski definition) is 4. The fourth-order valence-corrected chi connectivity index (χ4v) is 3.03. The van der Waals surface area contributed by atoms with Gasteiger partial charge in [-0.15, -0.1) is 10.2 Å². The van der Waals surface area contributed by atoms with Crippen molar-refractivity contribution in [3.63, 3.8) is 0 Å². The van der Waals surface area contributed by atoms with Crippen molar-refractivity contribution in [3.8, 4) is 0 Å². The van der Waals surface area contributed by atoms with Gasteiger partial charge in [0.2, 0.25) is 0 Å². The van der Waals surface area contributed by atoms with Crippen molar-refractivity contribution in [1.29, 1.82) is 0 Å². The number of benzene rings is 1. The zero-order valence-corrected chi connectivity index (χ0v) is 17.2. The van der Waals surface area contributed by atoms with Crippen LogP contribution in [0.2, 0.25) is 0 Å². The van der Waals surface area contributed by atoms with Crippen LogP contribution in [0.4, 0.5) is 0 Å². The smallest absolute Gasteiger partial charge is 0.191 e. The van der Waals surface area contributed by atoms with Gasteiger partial charge < -0.3 is 15.4 Å². The van der Waals surface area contributed by atoms with Crippen molar-refractivity contribution in [2.24, 2.45) is 4.99 Å². The number of aromatic nitrogens is 3. The van der Waals surface area contributed by atoms with E-state index in [4.69, 9.17) is 4.74 Å². The highest BCUT2D eigenvalue weighted by atomic mass is 16.5. The van der Waals surface area contributed by atoms with Gasteiger partial charge in [-0.2, -0.15) is 0 Å². The summed E-state index contributed by atoms with van der Waals surface area (Å²) in [4.78, 5) is 4.64. The third-order valence-corrected chi connectivity index (χ3v) is 4.58. The first kappa shape index (κ1) is 20.8. The Kier molecular flexibility index (Phi) is 8.01. The third-order valence-electron chi connectivity index (χ3n) is 4.58. The SMILES string of the molecule is CCNC(=NCCCOC(C)c1ccccc1)NCCc1nnc2ccccn12. The van der Waals surface area contributed by atoms with E-state index in [1.54, 1.807) is 0 Å². The summed E-state index contributed by atoms with van der Waals surface area (Å²) in [6.45, 7) is 7.10. The predicted octanol–water partition coefficient (Wildman–Crippen LogP) is 2.99. The van der Waals surface area contributed by atoms with Gasteiger partial charge in [0, 0.05) is 38.9 Å². The second-order valence-corrected chi connectivity index (χ2v) is 6.76. The Morgan fingerprint density at radius 3 is 2.76 bits per heavy atom. The summed E-state index contributed by atoms with van der Waals surface area (Å²) in [5, 5.41) is 15.1. The Bertz CT molecular complexity index is 892. The largest absolute Gasteiger partial charge is 0.374 e. The van der Waals surface area contributed by atoms with Crippen LogP contribution in [0.5, 0.6) is 0 Å². The minimum absolute atomic E-state index is 0.101. The standard InChI is InChI=1S/C22H30N6O/c1-3-23-22(24-14-9-17-29-18(2)19-10-5-4-6-11-19)25-15-13-21-27-26-20-12-7-8-16-28(20)21/h4-8,10-12,16,18H,3,9,13-15,17H2,1-2H3,(H2,23,24,25). The fourth-order valence-electron chi connectivity index (χ4n) is 3.03. The number of fused-ring (bicyclic) bond motifs is 1. The molecular formula is C22H30N6O. The van der Waals surface area contributed by atoms with Gasteiger partial charge in [-0.25, -0.2) is 0 Å². The van der Waals surface area contributed by atoms with E-state index in [2.05, 4.69) is 51.8 Å². The molecule has 0 aliphatic rings. The van der Waals surface area contributed by atoms with E-state index in [1.165, 1.54) is 5.56 Å².